The number of amides is 3. The number of methoxy groups -OCH3 is 1. The molecule has 1 aliphatic heterocycles. The molecule has 37 heavy (non-hydrogen) atoms. The van der Waals surface area contributed by atoms with E-state index in [0.29, 0.717) is 23.4 Å². The van der Waals surface area contributed by atoms with Crippen molar-refractivity contribution in [3.05, 3.63) is 54.6 Å². The lowest BCUT2D eigenvalue weighted by atomic mass is 10.1. The first-order valence-electron chi connectivity index (χ1n) is 11.9. The fraction of sp³-hybridized carbons (Fsp3) is 0.286. The molecule has 2 N–H and O–H groups in total. The van der Waals surface area contributed by atoms with E-state index in [0.717, 1.165) is 16.6 Å². The highest BCUT2D eigenvalue weighted by Crippen LogP contribution is 2.34. The van der Waals surface area contributed by atoms with Gasteiger partial charge >= 0.3 is 0 Å². The minimum atomic E-state index is -0.724. The number of nitrogens with one attached hydrogen (secondary N) is 2. The first-order chi connectivity index (χ1) is 17.9. The Morgan fingerprint density at radius 2 is 1.92 bits per heavy atom. The van der Waals surface area contributed by atoms with E-state index in [-0.39, 0.29) is 24.9 Å². The van der Waals surface area contributed by atoms with Gasteiger partial charge in [-0.05, 0) is 25.0 Å². The smallest absolute Gasteiger partial charge is 0.296 e. The van der Waals surface area contributed by atoms with Crippen molar-refractivity contribution in [2.24, 2.45) is 0 Å². The molecule has 2 heterocycles. The number of likely N-dealkylation sites (tertiary alicyclic amines) is 1. The number of rotatable bonds is 7. The van der Waals surface area contributed by atoms with Crippen LogP contribution in [-0.4, -0.2) is 67.0 Å². The molecule has 190 valence electrons. The van der Waals surface area contributed by atoms with Crippen molar-refractivity contribution >= 4 is 28.6 Å². The summed E-state index contributed by atoms with van der Waals surface area (Å²) in [5.74, 6) is 4.84. The summed E-state index contributed by atoms with van der Waals surface area (Å²) in [4.78, 5) is 43.4. The molecule has 0 spiro atoms. The number of ether oxygens (including phenoxy) is 2. The molecule has 4 rings (SSSR count). The van der Waals surface area contributed by atoms with Crippen LogP contribution in [0.25, 0.3) is 22.2 Å². The number of carbonyl (C=O) groups excluding carboxylic acids is 3. The zero-order chi connectivity index (χ0) is 26.4. The van der Waals surface area contributed by atoms with Gasteiger partial charge in [-0.25, -0.2) is 4.98 Å². The molecule has 9 nitrogen and oxygen atoms in total. The third-order valence-electron chi connectivity index (χ3n) is 6.11. The normalized spacial score (nSPS) is 16.5. The molecule has 1 aromatic heterocycles. The van der Waals surface area contributed by atoms with E-state index in [1.807, 2.05) is 54.6 Å². The molecule has 3 amide bonds. The third-order valence-corrected chi connectivity index (χ3v) is 6.11. The van der Waals surface area contributed by atoms with E-state index in [9.17, 15) is 14.4 Å². The summed E-state index contributed by atoms with van der Waals surface area (Å²) < 4.78 is 11.8. The molecule has 0 radical (unpaired) electrons. The Bertz CT molecular complexity index is 1380. The number of benzene rings is 2. The van der Waals surface area contributed by atoms with Crippen LogP contribution in [0, 0.1) is 11.8 Å². The van der Waals surface area contributed by atoms with Gasteiger partial charge in [0, 0.05) is 36.6 Å². The molecule has 0 bridgehead atoms. The highest BCUT2D eigenvalue weighted by molar-refractivity contribution is 5.96. The van der Waals surface area contributed by atoms with E-state index in [1.165, 1.54) is 18.9 Å². The van der Waals surface area contributed by atoms with Crippen LogP contribution in [0.1, 0.15) is 13.3 Å². The minimum Gasteiger partial charge on any atom is -0.497 e. The summed E-state index contributed by atoms with van der Waals surface area (Å²) in [5.41, 5.74) is 2.35. The molecule has 1 aliphatic rings. The zero-order valence-corrected chi connectivity index (χ0v) is 20.9. The first-order valence-corrected chi connectivity index (χ1v) is 11.9. The third kappa shape index (κ3) is 5.81. The molecule has 3 aromatic rings. The maximum absolute atomic E-state index is 12.9. The van der Waals surface area contributed by atoms with Crippen LogP contribution in [0.15, 0.2) is 54.6 Å². The quantitative estimate of drug-likeness (QED) is 0.481. The van der Waals surface area contributed by atoms with Gasteiger partial charge in [0.2, 0.25) is 11.8 Å². The van der Waals surface area contributed by atoms with Crippen LogP contribution in [0.2, 0.25) is 0 Å². The zero-order valence-electron chi connectivity index (χ0n) is 20.9. The highest BCUT2D eigenvalue weighted by Gasteiger charge is 2.40. The summed E-state index contributed by atoms with van der Waals surface area (Å²) in [6, 6.07) is 16.4. The summed E-state index contributed by atoms with van der Waals surface area (Å²) in [5, 5.41) is 5.86. The second-order valence-electron chi connectivity index (χ2n) is 8.46. The number of hydrogen-bond donors (Lipinski definition) is 2. The summed E-state index contributed by atoms with van der Waals surface area (Å²) in [7, 11) is 3.12. The fourth-order valence-electron chi connectivity index (χ4n) is 4.33. The Balaban J connectivity index is 1.63. The fourth-order valence-corrected chi connectivity index (χ4v) is 4.33. The lowest BCUT2D eigenvalue weighted by Crippen LogP contribution is -2.48. The summed E-state index contributed by atoms with van der Waals surface area (Å²) in [6.07, 6.45) is -0.150. The predicted molar refractivity (Wildman–Crippen MR) is 139 cm³/mol. The standard InChI is InChI=1S/C28H28N4O5/c1-4-8-26(33)30-16-27(34)32-17-20(14-24(32)28(35)29-2)37-25-15-22(18-9-6-5-7-10-18)31-23-13-19(36-3)11-12-21(23)25/h5-7,9-13,15,20,24H,14,16-17H2,1-3H3,(H,29,35)(H,30,33)/t20-,24+/m1/s1. The average Bonchev–Trinajstić information content (AvgIpc) is 3.35. The number of hydrogen-bond acceptors (Lipinski definition) is 6. The lowest BCUT2D eigenvalue weighted by Gasteiger charge is -2.23. The van der Waals surface area contributed by atoms with Crippen LogP contribution < -0.4 is 20.1 Å². The lowest BCUT2D eigenvalue weighted by molar-refractivity contribution is -0.138. The van der Waals surface area contributed by atoms with Crippen LogP contribution >= 0.6 is 0 Å². The molecular weight excluding hydrogens is 472 g/mol. The Labute approximate surface area is 215 Å². The predicted octanol–water partition coefficient (Wildman–Crippen LogP) is 2.14. The van der Waals surface area contributed by atoms with Crippen molar-refractivity contribution in [1.82, 2.24) is 20.5 Å². The van der Waals surface area contributed by atoms with Crippen molar-refractivity contribution in [2.75, 3.05) is 27.2 Å². The largest absolute Gasteiger partial charge is 0.497 e. The van der Waals surface area contributed by atoms with Crippen LogP contribution in [0.4, 0.5) is 0 Å². The number of nitrogens with zero attached hydrogens (tertiary/aromatic N) is 2. The van der Waals surface area contributed by atoms with Crippen molar-refractivity contribution < 1.29 is 23.9 Å². The maximum Gasteiger partial charge on any atom is 0.296 e. The average molecular weight is 501 g/mol. The van der Waals surface area contributed by atoms with E-state index < -0.39 is 18.1 Å². The minimum absolute atomic E-state index is 0.187. The topological polar surface area (TPSA) is 110 Å². The highest BCUT2D eigenvalue weighted by atomic mass is 16.5. The number of pyridine rings is 1. The van der Waals surface area contributed by atoms with Gasteiger partial charge in [0.15, 0.2) is 0 Å². The molecule has 9 heteroatoms. The van der Waals surface area contributed by atoms with Crippen molar-refractivity contribution in [3.8, 4) is 34.6 Å². The molecule has 0 aliphatic carbocycles. The van der Waals surface area contributed by atoms with Crippen molar-refractivity contribution in [2.45, 2.75) is 25.5 Å². The van der Waals surface area contributed by atoms with E-state index in [1.54, 1.807) is 7.11 Å². The van der Waals surface area contributed by atoms with Crippen LogP contribution in [-0.2, 0) is 14.4 Å². The van der Waals surface area contributed by atoms with Gasteiger partial charge in [-0.15, -0.1) is 0 Å². The van der Waals surface area contributed by atoms with E-state index in [4.69, 9.17) is 14.5 Å². The Morgan fingerprint density at radius 1 is 1.14 bits per heavy atom. The molecule has 2 aromatic carbocycles. The molecule has 1 saturated heterocycles. The Hall–Kier alpha value is -4.58. The van der Waals surface area contributed by atoms with Crippen LogP contribution in [0.5, 0.6) is 11.5 Å². The van der Waals surface area contributed by atoms with Gasteiger partial charge < -0.3 is 25.0 Å². The van der Waals surface area contributed by atoms with Gasteiger partial charge in [0.25, 0.3) is 5.91 Å². The molecular formula is C28H28N4O5. The maximum atomic E-state index is 12.9. The molecule has 1 fully saturated rings. The SMILES string of the molecule is CC#CC(=O)NCC(=O)N1C[C@H](Oc2cc(-c3ccccc3)nc3cc(OC)ccc23)C[C@H]1C(=O)NC. The van der Waals surface area contributed by atoms with Gasteiger partial charge in [0.1, 0.15) is 23.6 Å². The number of aromatic nitrogens is 1. The second kappa shape index (κ2) is 11.4. The Morgan fingerprint density at radius 3 is 2.62 bits per heavy atom. The van der Waals surface area contributed by atoms with Gasteiger partial charge in [-0.3, -0.25) is 14.4 Å². The summed E-state index contributed by atoms with van der Waals surface area (Å²) >= 11 is 0. The van der Waals surface area contributed by atoms with E-state index in [2.05, 4.69) is 22.5 Å². The monoisotopic (exact) mass is 500 g/mol. The first kappa shape index (κ1) is 25.5. The van der Waals surface area contributed by atoms with Gasteiger partial charge in [-0.2, -0.15) is 0 Å². The van der Waals surface area contributed by atoms with Crippen LogP contribution in [0.3, 0.4) is 0 Å². The number of carbonyl (C=O) groups is 3. The number of likely N-dealkylation sites (N-methyl/N-ethyl adjacent to an activating group) is 1. The summed E-state index contributed by atoms with van der Waals surface area (Å²) in [6.45, 7) is 1.46. The number of fused-ring (bicyclic) bond motifs is 1. The molecule has 2 atom stereocenters. The molecule has 0 saturated carbocycles. The molecule has 0 unspecified atom stereocenters. The second-order valence-corrected chi connectivity index (χ2v) is 8.46. The van der Waals surface area contributed by atoms with Gasteiger partial charge in [0.05, 0.1) is 31.4 Å². The van der Waals surface area contributed by atoms with Crippen molar-refractivity contribution in [3.63, 3.8) is 0 Å². The van der Waals surface area contributed by atoms with Crippen molar-refractivity contribution in [1.29, 1.82) is 0 Å². The van der Waals surface area contributed by atoms with Gasteiger partial charge in [-0.1, -0.05) is 36.3 Å². The Kier molecular flexibility index (Phi) is 7.89. The van der Waals surface area contributed by atoms with E-state index >= 15 is 0 Å².